The minimum absolute atomic E-state index is 0.0381. The van der Waals surface area contributed by atoms with E-state index in [4.69, 9.17) is 15.0 Å². The molecular weight excluding hydrogens is 837 g/mol. The number of benzene rings is 9. The van der Waals surface area contributed by atoms with Gasteiger partial charge in [0, 0.05) is 28.2 Å². The SMILES string of the molecule is C[C@]1(c2ccc(-c3ccc(-c4ccc5c6ccccc6c6ccccc6c5c4)cc3)cc2)C2=C(C=CC3C4=C(CCC=C4)N(c4nc(-c5ccccc5)nc(-c5ccccc5)n4)C23)c2ccccc21. The van der Waals surface area contributed by atoms with Gasteiger partial charge in [0.25, 0.3) is 0 Å². The van der Waals surface area contributed by atoms with Crippen LogP contribution in [0.15, 0.2) is 241 Å². The first-order valence-electron chi connectivity index (χ1n) is 24.2. The van der Waals surface area contributed by atoms with Gasteiger partial charge in [0.1, 0.15) is 0 Å². The molecule has 10 aromatic rings. The van der Waals surface area contributed by atoms with Crippen LogP contribution in [-0.4, -0.2) is 21.0 Å². The Bertz CT molecular complexity index is 3750. The van der Waals surface area contributed by atoms with Gasteiger partial charge in [0.15, 0.2) is 11.6 Å². The summed E-state index contributed by atoms with van der Waals surface area (Å²) in [5.74, 6) is 2.19. The quantitative estimate of drug-likeness (QED) is 0.156. The second-order valence-corrected chi connectivity index (χ2v) is 19.1. The van der Waals surface area contributed by atoms with E-state index in [2.05, 4.69) is 224 Å². The highest BCUT2D eigenvalue weighted by Gasteiger charge is 2.54. The van der Waals surface area contributed by atoms with Gasteiger partial charge in [-0.2, -0.15) is 9.97 Å². The summed E-state index contributed by atoms with van der Waals surface area (Å²) in [5, 5.41) is 7.76. The zero-order chi connectivity index (χ0) is 45.6. The molecule has 0 saturated carbocycles. The van der Waals surface area contributed by atoms with Crippen LogP contribution >= 0.6 is 0 Å². The van der Waals surface area contributed by atoms with Gasteiger partial charge in [-0.05, 0) is 114 Å². The molecule has 4 nitrogen and oxygen atoms in total. The number of hydrogen-bond acceptors (Lipinski definition) is 4. The lowest BCUT2D eigenvalue weighted by molar-refractivity contribution is 0.550. The molecule has 3 aliphatic carbocycles. The summed E-state index contributed by atoms with van der Waals surface area (Å²) in [5.41, 5.74) is 15.6. The van der Waals surface area contributed by atoms with E-state index >= 15 is 0 Å². The molecule has 0 spiro atoms. The van der Waals surface area contributed by atoms with E-state index in [1.165, 1.54) is 93.7 Å². The Morgan fingerprint density at radius 1 is 0.478 bits per heavy atom. The highest BCUT2D eigenvalue weighted by Crippen LogP contribution is 2.59. The Morgan fingerprint density at radius 3 is 1.64 bits per heavy atom. The zero-order valence-corrected chi connectivity index (χ0v) is 38.2. The Kier molecular flexibility index (Phi) is 8.94. The molecular formula is C65H46N4. The summed E-state index contributed by atoms with van der Waals surface area (Å²) in [6.07, 6.45) is 11.5. The van der Waals surface area contributed by atoms with E-state index in [1.54, 1.807) is 0 Å². The van der Waals surface area contributed by atoms with Crippen molar-refractivity contribution in [2.24, 2.45) is 5.92 Å². The smallest absolute Gasteiger partial charge is 0.234 e. The van der Waals surface area contributed by atoms with Gasteiger partial charge in [-0.3, -0.25) is 0 Å². The molecule has 4 heteroatoms. The molecule has 2 unspecified atom stereocenters. The number of nitrogens with zero attached hydrogens (tertiary/aromatic N) is 4. The predicted octanol–water partition coefficient (Wildman–Crippen LogP) is 15.8. The second-order valence-electron chi connectivity index (χ2n) is 19.1. The van der Waals surface area contributed by atoms with Crippen LogP contribution in [0.5, 0.6) is 0 Å². The van der Waals surface area contributed by atoms with Gasteiger partial charge in [-0.15, -0.1) is 0 Å². The lowest BCUT2D eigenvalue weighted by Gasteiger charge is -2.41. The van der Waals surface area contributed by atoms with E-state index in [-0.39, 0.29) is 12.0 Å². The van der Waals surface area contributed by atoms with E-state index in [0.717, 1.165) is 24.0 Å². The molecule has 0 amide bonds. The predicted molar refractivity (Wildman–Crippen MR) is 285 cm³/mol. The number of hydrogen-bond donors (Lipinski definition) is 0. The first-order valence-corrected chi connectivity index (χ1v) is 24.2. The highest BCUT2D eigenvalue weighted by molar-refractivity contribution is 6.25. The summed E-state index contributed by atoms with van der Waals surface area (Å²) in [6, 6.07) is 72.7. The lowest BCUT2D eigenvalue weighted by Crippen LogP contribution is -2.43. The van der Waals surface area contributed by atoms with Crippen LogP contribution in [-0.2, 0) is 5.41 Å². The third-order valence-electron chi connectivity index (χ3n) is 15.5. The zero-order valence-electron chi connectivity index (χ0n) is 38.2. The fourth-order valence-corrected chi connectivity index (χ4v) is 12.2. The van der Waals surface area contributed by atoms with Crippen LogP contribution in [0, 0.1) is 5.92 Å². The maximum atomic E-state index is 5.38. The molecule has 0 radical (unpaired) electrons. The maximum Gasteiger partial charge on any atom is 0.234 e. The van der Waals surface area contributed by atoms with Crippen LogP contribution in [0.3, 0.4) is 0 Å². The minimum Gasteiger partial charge on any atom is -0.306 e. The van der Waals surface area contributed by atoms with Crippen molar-refractivity contribution in [2.75, 3.05) is 4.90 Å². The van der Waals surface area contributed by atoms with Crippen LogP contribution < -0.4 is 4.90 Å². The van der Waals surface area contributed by atoms with Crippen molar-refractivity contribution >= 4 is 43.8 Å². The standard InChI is InChI=1S/C65H46N4/c1-65(47-35-32-42(33-36-47)41-28-30-43(31-29-41)46-34-37-52-50-22-9-8-20-48(50)49-21-10-11-23-51(49)57(52)40-46)58-26-14-12-24-53(58)55-38-39-56-54-25-13-15-27-59(54)69(61(56)60(55)65)64-67-62(44-16-4-2-5-17-44)66-63(68-64)45-18-6-3-7-19-45/h2-14,16-26,28-40,56,61H,15,27H2,1H3/t56?,61?,65-/m1/s1. The Morgan fingerprint density at radius 2 is 1.00 bits per heavy atom. The van der Waals surface area contributed by atoms with E-state index in [1.807, 2.05) is 12.1 Å². The summed E-state index contributed by atoms with van der Waals surface area (Å²) >= 11 is 0. The molecule has 2 heterocycles. The summed E-state index contributed by atoms with van der Waals surface area (Å²) in [7, 11) is 0. The van der Waals surface area contributed by atoms with Gasteiger partial charge < -0.3 is 4.90 Å². The minimum atomic E-state index is -0.429. The Hall–Kier alpha value is -8.47. The average molecular weight is 883 g/mol. The first kappa shape index (κ1) is 39.7. The van der Waals surface area contributed by atoms with Crippen molar-refractivity contribution in [1.82, 2.24) is 15.0 Å². The monoisotopic (exact) mass is 882 g/mol. The number of allylic oxidation sites excluding steroid dienone is 5. The van der Waals surface area contributed by atoms with E-state index in [9.17, 15) is 0 Å². The Balaban J connectivity index is 0.853. The molecule has 9 aromatic carbocycles. The molecule has 0 N–H and O–H groups in total. The number of anilines is 1. The van der Waals surface area contributed by atoms with Crippen LogP contribution in [0.4, 0.5) is 5.95 Å². The molecule has 69 heavy (non-hydrogen) atoms. The molecule has 3 atom stereocenters. The summed E-state index contributed by atoms with van der Waals surface area (Å²) in [6.45, 7) is 2.45. The molecule has 1 aliphatic heterocycles. The molecule has 326 valence electrons. The van der Waals surface area contributed by atoms with Crippen molar-refractivity contribution in [1.29, 1.82) is 0 Å². The second kappa shape index (κ2) is 15.5. The van der Waals surface area contributed by atoms with Crippen molar-refractivity contribution in [3.05, 3.63) is 258 Å². The number of aromatic nitrogens is 3. The van der Waals surface area contributed by atoms with E-state index < -0.39 is 5.41 Å². The van der Waals surface area contributed by atoms with Gasteiger partial charge in [-0.25, -0.2) is 4.98 Å². The maximum absolute atomic E-state index is 5.38. The van der Waals surface area contributed by atoms with Gasteiger partial charge in [0.05, 0.1) is 6.04 Å². The summed E-state index contributed by atoms with van der Waals surface area (Å²) < 4.78 is 0. The highest BCUT2D eigenvalue weighted by atomic mass is 15.3. The molecule has 0 fully saturated rings. The van der Waals surface area contributed by atoms with E-state index in [0.29, 0.717) is 17.6 Å². The molecule has 14 rings (SSSR count). The molecule has 0 bridgehead atoms. The average Bonchev–Trinajstić information content (AvgIpc) is 3.91. The van der Waals surface area contributed by atoms with Gasteiger partial charge >= 0.3 is 0 Å². The molecule has 4 aliphatic rings. The van der Waals surface area contributed by atoms with Crippen molar-refractivity contribution in [3.8, 4) is 45.0 Å². The first-order chi connectivity index (χ1) is 34.1. The number of rotatable bonds is 6. The third kappa shape index (κ3) is 6.11. The van der Waals surface area contributed by atoms with Crippen LogP contribution in [0.1, 0.15) is 36.5 Å². The fraction of sp³-hybridized carbons (Fsp3) is 0.0923. The third-order valence-corrected chi connectivity index (χ3v) is 15.5. The Labute approximate surface area is 402 Å². The number of fused-ring (bicyclic) bond motifs is 11. The van der Waals surface area contributed by atoms with Crippen LogP contribution in [0.25, 0.3) is 82.9 Å². The van der Waals surface area contributed by atoms with Crippen molar-refractivity contribution in [2.45, 2.75) is 31.2 Å². The van der Waals surface area contributed by atoms with Crippen molar-refractivity contribution < 1.29 is 0 Å². The fourth-order valence-electron chi connectivity index (χ4n) is 12.2. The van der Waals surface area contributed by atoms with Crippen molar-refractivity contribution in [3.63, 3.8) is 0 Å². The molecule has 0 saturated heterocycles. The molecule has 1 aromatic heterocycles. The van der Waals surface area contributed by atoms with Crippen LogP contribution in [0.2, 0.25) is 0 Å². The summed E-state index contributed by atoms with van der Waals surface area (Å²) in [4.78, 5) is 18.4. The normalized spacial score (nSPS) is 19.1. The van der Waals surface area contributed by atoms with Gasteiger partial charge in [0.2, 0.25) is 5.95 Å². The lowest BCUT2D eigenvalue weighted by atomic mass is 9.67. The topological polar surface area (TPSA) is 41.9 Å². The van der Waals surface area contributed by atoms with Gasteiger partial charge in [-0.1, -0.05) is 218 Å². The largest absolute Gasteiger partial charge is 0.306 e.